The summed E-state index contributed by atoms with van der Waals surface area (Å²) >= 11 is 5.75. The Bertz CT molecular complexity index is 816. The van der Waals surface area contributed by atoms with Crippen LogP contribution >= 0.6 is 11.6 Å². The molecule has 0 atom stereocenters. The molecular weight excluding hydrogens is 343 g/mol. The van der Waals surface area contributed by atoms with Crippen molar-refractivity contribution in [2.45, 2.75) is 39.0 Å². The summed E-state index contributed by atoms with van der Waals surface area (Å²) in [6.07, 6.45) is 10.7. The molecule has 134 valence electrons. The molecular formula is C24H24ClF. The van der Waals surface area contributed by atoms with Gasteiger partial charge >= 0.3 is 0 Å². The second-order valence-corrected chi connectivity index (χ2v) is 7.33. The Labute approximate surface area is 161 Å². The molecule has 0 amide bonds. The van der Waals surface area contributed by atoms with Gasteiger partial charge in [0.15, 0.2) is 0 Å². The zero-order valence-corrected chi connectivity index (χ0v) is 15.9. The first-order valence-electron chi connectivity index (χ1n) is 9.39. The molecule has 1 fully saturated rings. The third-order valence-corrected chi connectivity index (χ3v) is 5.28. The minimum Gasteiger partial charge on any atom is -0.205 e. The van der Waals surface area contributed by atoms with E-state index in [1.807, 2.05) is 30.3 Å². The smallest absolute Gasteiger partial charge is 0.142 e. The van der Waals surface area contributed by atoms with Crippen LogP contribution in [-0.2, 0) is 0 Å². The second-order valence-electron chi connectivity index (χ2n) is 6.92. The monoisotopic (exact) mass is 366 g/mol. The summed E-state index contributed by atoms with van der Waals surface area (Å²) in [6.45, 7) is 2.18. The summed E-state index contributed by atoms with van der Waals surface area (Å²) in [6, 6.07) is 12.9. The van der Waals surface area contributed by atoms with Gasteiger partial charge in [-0.3, -0.25) is 0 Å². The van der Waals surface area contributed by atoms with Gasteiger partial charge < -0.3 is 0 Å². The Morgan fingerprint density at radius 2 is 1.73 bits per heavy atom. The molecule has 1 saturated carbocycles. The topological polar surface area (TPSA) is 0 Å². The van der Waals surface area contributed by atoms with Crippen LogP contribution in [0.4, 0.5) is 4.39 Å². The molecule has 0 spiro atoms. The van der Waals surface area contributed by atoms with Gasteiger partial charge in [0.1, 0.15) is 5.82 Å². The Balaban J connectivity index is 1.61. The van der Waals surface area contributed by atoms with Crippen molar-refractivity contribution in [3.05, 3.63) is 71.0 Å². The molecule has 0 aliphatic heterocycles. The fraction of sp³-hybridized carbons (Fsp3) is 0.333. The summed E-state index contributed by atoms with van der Waals surface area (Å²) in [7, 11) is 0. The van der Waals surface area contributed by atoms with Crippen molar-refractivity contribution >= 4 is 11.6 Å². The molecule has 2 heteroatoms. The van der Waals surface area contributed by atoms with E-state index in [9.17, 15) is 4.39 Å². The number of allylic oxidation sites excluding steroid dienone is 2. The highest BCUT2D eigenvalue weighted by Crippen LogP contribution is 2.29. The summed E-state index contributed by atoms with van der Waals surface area (Å²) in [5.74, 6) is 7.60. The van der Waals surface area contributed by atoms with Crippen molar-refractivity contribution in [1.29, 1.82) is 0 Å². The summed E-state index contributed by atoms with van der Waals surface area (Å²) in [5, 5.41) is 0.149. The fourth-order valence-corrected chi connectivity index (χ4v) is 3.51. The molecule has 0 bridgehead atoms. The van der Waals surface area contributed by atoms with E-state index in [2.05, 4.69) is 30.9 Å². The fourth-order valence-electron chi connectivity index (χ4n) is 3.39. The van der Waals surface area contributed by atoms with Gasteiger partial charge in [-0.05, 0) is 73.4 Å². The van der Waals surface area contributed by atoms with Gasteiger partial charge in [0.2, 0.25) is 0 Å². The predicted molar refractivity (Wildman–Crippen MR) is 109 cm³/mol. The molecule has 0 heterocycles. The Kier molecular flexibility index (Phi) is 6.53. The van der Waals surface area contributed by atoms with Crippen molar-refractivity contribution < 1.29 is 4.39 Å². The Morgan fingerprint density at radius 3 is 2.38 bits per heavy atom. The van der Waals surface area contributed by atoms with Gasteiger partial charge in [-0.15, -0.1) is 0 Å². The highest BCUT2D eigenvalue weighted by atomic mass is 35.5. The number of rotatable bonds is 3. The molecule has 1 aliphatic carbocycles. The van der Waals surface area contributed by atoms with Crippen LogP contribution in [-0.4, -0.2) is 0 Å². The van der Waals surface area contributed by atoms with Crippen molar-refractivity contribution in [1.82, 2.24) is 0 Å². The number of benzene rings is 2. The zero-order chi connectivity index (χ0) is 18.4. The maximum atomic E-state index is 13.6. The first-order chi connectivity index (χ1) is 12.7. The molecule has 0 saturated heterocycles. The minimum absolute atomic E-state index is 0.149. The normalized spacial score (nSPS) is 20.0. The van der Waals surface area contributed by atoms with E-state index in [1.54, 1.807) is 6.07 Å². The minimum atomic E-state index is -0.391. The summed E-state index contributed by atoms with van der Waals surface area (Å²) in [4.78, 5) is 0. The van der Waals surface area contributed by atoms with E-state index >= 15 is 0 Å². The molecule has 3 rings (SSSR count). The van der Waals surface area contributed by atoms with Crippen LogP contribution in [0.3, 0.4) is 0 Å². The lowest BCUT2D eigenvalue weighted by Crippen LogP contribution is -2.11. The quantitative estimate of drug-likeness (QED) is 0.395. The van der Waals surface area contributed by atoms with Crippen LogP contribution < -0.4 is 0 Å². The van der Waals surface area contributed by atoms with Crippen molar-refractivity contribution in [2.24, 2.45) is 11.8 Å². The standard InChI is InChI=1S/C24H24ClF/c1-2-3-4-18-5-7-19(8-6-18)9-10-20-11-13-21(14-12-20)22-15-16-23(25)24(26)17-22/h3-4,11-19H,2,5-8H2,1H3/b4-3+. The molecule has 26 heavy (non-hydrogen) atoms. The molecule has 0 aromatic heterocycles. The SMILES string of the molecule is CC/C=C/C1CCC(C#Cc2ccc(-c3ccc(Cl)c(F)c3)cc2)CC1. The van der Waals surface area contributed by atoms with Crippen molar-refractivity contribution in [3.8, 4) is 23.0 Å². The van der Waals surface area contributed by atoms with E-state index in [0.29, 0.717) is 5.92 Å². The van der Waals surface area contributed by atoms with Crippen molar-refractivity contribution in [2.75, 3.05) is 0 Å². The van der Waals surface area contributed by atoms with Crippen LogP contribution in [0.2, 0.25) is 5.02 Å². The zero-order valence-electron chi connectivity index (χ0n) is 15.1. The largest absolute Gasteiger partial charge is 0.205 e. The van der Waals surface area contributed by atoms with Gasteiger partial charge in [-0.1, -0.05) is 60.7 Å². The van der Waals surface area contributed by atoms with E-state index in [0.717, 1.165) is 29.0 Å². The molecule has 1 aliphatic rings. The molecule has 0 N–H and O–H groups in total. The second kappa shape index (κ2) is 9.06. The van der Waals surface area contributed by atoms with Crippen LogP contribution in [0.15, 0.2) is 54.6 Å². The summed E-state index contributed by atoms with van der Waals surface area (Å²) < 4.78 is 13.6. The average Bonchev–Trinajstić information content (AvgIpc) is 2.68. The van der Waals surface area contributed by atoms with E-state index < -0.39 is 5.82 Å². The third kappa shape index (κ3) is 4.99. The van der Waals surface area contributed by atoms with E-state index in [1.165, 1.54) is 31.7 Å². The van der Waals surface area contributed by atoms with Crippen molar-refractivity contribution in [3.63, 3.8) is 0 Å². The first kappa shape index (κ1) is 18.7. The number of halogens is 2. The lowest BCUT2D eigenvalue weighted by Gasteiger charge is -2.23. The molecule has 0 radical (unpaired) electrons. The number of hydrogen-bond donors (Lipinski definition) is 0. The average molecular weight is 367 g/mol. The van der Waals surface area contributed by atoms with Gasteiger partial charge in [0.25, 0.3) is 0 Å². The number of hydrogen-bond acceptors (Lipinski definition) is 0. The highest BCUT2D eigenvalue weighted by molar-refractivity contribution is 6.30. The Morgan fingerprint density at radius 1 is 1.04 bits per heavy atom. The first-order valence-corrected chi connectivity index (χ1v) is 9.77. The third-order valence-electron chi connectivity index (χ3n) is 4.97. The maximum absolute atomic E-state index is 13.6. The predicted octanol–water partition coefficient (Wildman–Crippen LogP) is 7.27. The Hall–Kier alpha value is -2.04. The lowest BCUT2D eigenvalue weighted by molar-refractivity contribution is 0.364. The maximum Gasteiger partial charge on any atom is 0.142 e. The lowest BCUT2D eigenvalue weighted by atomic mass is 9.82. The van der Waals surface area contributed by atoms with Gasteiger partial charge in [-0.2, -0.15) is 0 Å². The molecule has 0 nitrogen and oxygen atoms in total. The van der Waals surface area contributed by atoms with Crippen LogP contribution in [0.25, 0.3) is 11.1 Å². The van der Waals surface area contributed by atoms with E-state index in [-0.39, 0.29) is 5.02 Å². The van der Waals surface area contributed by atoms with Crippen LogP contribution in [0.1, 0.15) is 44.6 Å². The molecule has 2 aromatic rings. The van der Waals surface area contributed by atoms with Crippen LogP contribution in [0, 0.1) is 29.5 Å². The van der Waals surface area contributed by atoms with Gasteiger partial charge in [-0.25, -0.2) is 4.39 Å². The highest BCUT2D eigenvalue weighted by Gasteiger charge is 2.17. The van der Waals surface area contributed by atoms with E-state index in [4.69, 9.17) is 11.6 Å². The summed E-state index contributed by atoms with van der Waals surface area (Å²) in [5.41, 5.74) is 2.80. The van der Waals surface area contributed by atoms with Gasteiger partial charge in [0, 0.05) is 11.5 Å². The van der Waals surface area contributed by atoms with Crippen LogP contribution in [0.5, 0.6) is 0 Å². The van der Waals surface area contributed by atoms with Gasteiger partial charge in [0.05, 0.1) is 5.02 Å². The molecule has 0 unspecified atom stereocenters. The molecule has 2 aromatic carbocycles.